The van der Waals surface area contributed by atoms with E-state index >= 15 is 0 Å². The molecule has 0 aliphatic rings. The third-order valence-electron chi connectivity index (χ3n) is 6.70. The topological polar surface area (TPSA) is 84.5 Å². The summed E-state index contributed by atoms with van der Waals surface area (Å²) in [6, 6.07) is 36.4. The molecule has 5 aromatic carbocycles. The van der Waals surface area contributed by atoms with Crippen molar-refractivity contribution in [3.05, 3.63) is 155 Å². The molecule has 0 fully saturated rings. The lowest BCUT2D eigenvalue weighted by molar-refractivity contribution is -0.113. The molecule has 0 saturated carbocycles. The summed E-state index contributed by atoms with van der Waals surface area (Å²) in [5.74, 6) is -0.286. The lowest BCUT2D eigenvalue weighted by Crippen LogP contribution is -2.30. The van der Waals surface area contributed by atoms with Gasteiger partial charge in [-0.2, -0.15) is 0 Å². The zero-order valence-electron chi connectivity index (χ0n) is 23.6. The molecule has 0 atom stereocenters. The zero-order chi connectivity index (χ0) is 30.0. The number of carbonyl (C=O) groups is 3. The van der Waals surface area contributed by atoms with Gasteiger partial charge in [-0.25, -0.2) is 0 Å². The van der Waals surface area contributed by atoms with Crippen LogP contribution in [-0.4, -0.2) is 24.2 Å². The molecule has 0 heterocycles. The van der Waals surface area contributed by atoms with Crippen LogP contribution in [0.3, 0.4) is 0 Å². The number of fused-ring (bicyclic) bond motifs is 1. The number of nitrogens with one attached hydrogen (secondary N) is 2. The van der Waals surface area contributed by atoms with E-state index < -0.39 is 11.8 Å². The van der Waals surface area contributed by atoms with E-state index in [1.54, 1.807) is 60.7 Å². The number of hydrogen-bond donors (Lipinski definition) is 2. The summed E-state index contributed by atoms with van der Waals surface area (Å²) in [6.07, 6.45) is 4.92. The molecule has 2 N–H and O–H groups in total. The van der Waals surface area contributed by atoms with Crippen molar-refractivity contribution in [1.82, 2.24) is 5.32 Å². The van der Waals surface area contributed by atoms with Gasteiger partial charge < -0.3 is 15.4 Å². The Hall–Kier alpha value is -5.75. The quantitative estimate of drug-likeness (QED) is 0.135. The minimum atomic E-state index is -0.494. The highest BCUT2D eigenvalue weighted by molar-refractivity contribution is 6.12. The molecule has 6 heteroatoms. The Labute approximate surface area is 250 Å². The van der Waals surface area contributed by atoms with Crippen LogP contribution in [-0.2, 0) is 4.79 Å². The predicted octanol–water partition coefficient (Wildman–Crippen LogP) is 7.54. The molecule has 6 nitrogen and oxygen atoms in total. The van der Waals surface area contributed by atoms with E-state index in [9.17, 15) is 14.4 Å². The third-order valence-corrected chi connectivity index (χ3v) is 6.70. The van der Waals surface area contributed by atoms with Gasteiger partial charge in [0.25, 0.3) is 11.8 Å². The molecule has 0 saturated heterocycles. The smallest absolute Gasteiger partial charge is 0.272 e. The summed E-state index contributed by atoms with van der Waals surface area (Å²) in [7, 11) is 0. The fraction of sp³-hybridized carbons (Fsp3) is 0.0541. The summed E-state index contributed by atoms with van der Waals surface area (Å²) in [4.78, 5) is 39.2. The Morgan fingerprint density at radius 2 is 1.42 bits per heavy atom. The first-order valence-electron chi connectivity index (χ1n) is 13.9. The Morgan fingerprint density at radius 3 is 2.16 bits per heavy atom. The van der Waals surface area contributed by atoms with Gasteiger partial charge in [-0.15, -0.1) is 0 Å². The van der Waals surface area contributed by atoms with Crippen LogP contribution in [0.2, 0.25) is 0 Å². The molecule has 2 amide bonds. The molecular formula is C37H30N2O4. The van der Waals surface area contributed by atoms with Gasteiger partial charge in [0.2, 0.25) is 0 Å². The second kappa shape index (κ2) is 13.7. The number of carbonyl (C=O) groups excluding carboxylic acids is 3. The Balaban J connectivity index is 1.33. The van der Waals surface area contributed by atoms with Crippen LogP contribution in [0.1, 0.15) is 38.8 Å². The van der Waals surface area contributed by atoms with E-state index in [-0.39, 0.29) is 11.5 Å². The van der Waals surface area contributed by atoms with Crippen molar-refractivity contribution < 1.29 is 19.1 Å². The van der Waals surface area contributed by atoms with Crippen LogP contribution in [0.5, 0.6) is 5.75 Å². The third kappa shape index (κ3) is 7.51. The Bertz CT molecular complexity index is 1800. The zero-order valence-corrected chi connectivity index (χ0v) is 23.6. The van der Waals surface area contributed by atoms with E-state index in [2.05, 4.69) is 10.6 Å². The number of ether oxygens (including phenoxy) is 1. The first-order chi connectivity index (χ1) is 21.0. The van der Waals surface area contributed by atoms with E-state index in [4.69, 9.17) is 4.74 Å². The van der Waals surface area contributed by atoms with Crippen molar-refractivity contribution in [2.24, 2.45) is 0 Å². The molecule has 5 aromatic rings. The maximum atomic E-state index is 13.5. The van der Waals surface area contributed by atoms with Crippen LogP contribution in [0.4, 0.5) is 5.69 Å². The van der Waals surface area contributed by atoms with Gasteiger partial charge in [0, 0.05) is 16.8 Å². The highest BCUT2D eigenvalue weighted by atomic mass is 16.5. The second-order valence-corrected chi connectivity index (χ2v) is 9.68. The van der Waals surface area contributed by atoms with Crippen LogP contribution < -0.4 is 15.4 Å². The van der Waals surface area contributed by atoms with Crippen molar-refractivity contribution in [2.75, 3.05) is 11.9 Å². The first-order valence-corrected chi connectivity index (χ1v) is 13.9. The van der Waals surface area contributed by atoms with Gasteiger partial charge in [0.05, 0.1) is 6.61 Å². The lowest BCUT2D eigenvalue weighted by Gasteiger charge is -2.12. The van der Waals surface area contributed by atoms with Gasteiger partial charge in [0.15, 0.2) is 5.78 Å². The van der Waals surface area contributed by atoms with E-state index in [0.29, 0.717) is 23.4 Å². The van der Waals surface area contributed by atoms with Crippen LogP contribution in [0.25, 0.3) is 22.9 Å². The van der Waals surface area contributed by atoms with Crippen molar-refractivity contribution >= 4 is 46.2 Å². The van der Waals surface area contributed by atoms with Crippen molar-refractivity contribution in [3.63, 3.8) is 0 Å². The Kier molecular flexibility index (Phi) is 9.19. The molecule has 43 heavy (non-hydrogen) atoms. The number of rotatable bonds is 10. The van der Waals surface area contributed by atoms with Gasteiger partial charge in [-0.1, -0.05) is 78.9 Å². The van der Waals surface area contributed by atoms with Crippen molar-refractivity contribution in [3.8, 4) is 5.75 Å². The van der Waals surface area contributed by atoms with Crippen molar-refractivity contribution in [2.45, 2.75) is 6.92 Å². The van der Waals surface area contributed by atoms with E-state index in [1.165, 1.54) is 6.08 Å². The number of amides is 2. The fourth-order valence-electron chi connectivity index (χ4n) is 4.50. The average Bonchev–Trinajstić information content (AvgIpc) is 3.05. The summed E-state index contributed by atoms with van der Waals surface area (Å²) in [6.45, 7) is 2.52. The highest BCUT2D eigenvalue weighted by Crippen LogP contribution is 2.22. The minimum absolute atomic E-state index is 0.0867. The average molecular weight is 567 g/mol. The lowest BCUT2D eigenvalue weighted by atomic mass is 10.0. The second-order valence-electron chi connectivity index (χ2n) is 9.68. The standard InChI is InChI=1S/C37H30N2O4/c1-2-43-32-22-15-26(16-23-32)17-24-35(40)28-18-20-31(21-19-28)38-37(42)34(39-36(41)29-10-4-3-5-11-29)25-30-13-8-12-27-9-6-7-14-33(27)30/h3-25H,2H2,1H3,(H,38,42)(H,39,41)/b24-17+,34-25-. The highest BCUT2D eigenvalue weighted by Gasteiger charge is 2.16. The number of anilines is 1. The van der Waals surface area contributed by atoms with Crippen LogP contribution in [0, 0.1) is 0 Å². The molecule has 0 radical (unpaired) electrons. The predicted molar refractivity (Wildman–Crippen MR) is 172 cm³/mol. The SMILES string of the molecule is CCOc1ccc(/C=C/C(=O)c2ccc(NC(=O)/C(=C/c3cccc4ccccc34)NC(=O)c3ccccc3)cc2)cc1. The summed E-state index contributed by atoms with van der Waals surface area (Å²) in [5, 5.41) is 7.59. The van der Waals surface area contributed by atoms with Crippen LogP contribution >= 0.6 is 0 Å². The largest absolute Gasteiger partial charge is 0.494 e. The molecule has 0 unspecified atom stereocenters. The Morgan fingerprint density at radius 1 is 0.721 bits per heavy atom. The van der Waals surface area contributed by atoms with Gasteiger partial charge in [-0.3, -0.25) is 14.4 Å². The minimum Gasteiger partial charge on any atom is -0.494 e. The van der Waals surface area contributed by atoms with Gasteiger partial charge in [0.1, 0.15) is 11.4 Å². The normalized spacial score (nSPS) is 11.3. The maximum Gasteiger partial charge on any atom is 0.272 e. The summed E-state index contributed by atoms with van der Waals surface area (Å²) in [5.41, 5.74) is 3.14. The molecule has 5 rings (SSSR count). The molecule has 0 aliphatic carbocycles. The first kappa shape index (κ1) is 28.8. The molecule has 212 valence electrons. The molecule has 0 aromatic heterocycles. The monoisotopic (exact) mass is 566 g/mol. The molecule has 0 spiro atoms. The molecule has 0 aliphatic heterocycles. The fourth-order valence-corrected chi connectivity index (χ4v) is 4.50. The van der Waals surface area contributed by atoms with E-state index in [1.807, 2.05) is 79.7 Å². The van der Waals surface area contributed by atoms with Crippen molar-refractivity contribution in [1.29, 1.82) is 0 Å². The number of ketones is 1. The number of hydrogen-bond acceptors (Lipinski definition) is 4. The maximum absolute atomic E-state index is 13.5. The van der Waals surface area contributed by atoms with Gasteiger partial charge in [-0.05, 0) is 89.5 Å². The number of benzene rings is 5. The number of allylic oxidation sites excluding steroid dienone is 1. The van der Waals surface area contributed by atoms with Gasteiger partial charge >= 0.3 is 0 Å². The summed E-state index contributed by atoms with van der Waals surface area (Å²) < 4.78 is 5.45. The van der Waals surface area contributed by atoms with E-state index in [0.717, 1.165) is 27.6 Å². The molecule has 0 bridgehead atoms. The van der Waals surface area contributed by atoms with Crippen LogP contribution in [0.15, 0.2) is 133 Å². The molecular weight excluding hydrogens is 536 g/mol. The summed E-state index contributed by atoms with van der Waals surface area (Å²) >= 11 is 0.